The van der Waals surface area contributed by atoms with E-state index in [0.717, 1.165) is 14.5 Å². The summed E-state index contributed by atoms with van der Waals surface area (Å²) in [4.78, 5) is 35.7. The van der Waals surface area contributed by atoms with Crippen LogP contribution < -0.4 is 16.0 Å². The number of carbonyl (C=O) groups excluding carboxylic acids is 3. The highest BCUT2D eigenvalue weighted by atomic mass is 79.9. The minimum absolute atomic E-state index is 0.179. The van der Waals surface area contributed by atoms with Gasteiger partial charge in [0.2, 0.25) is 11.8 Å². The normalized spacial score (nSPS) is 10.1. The molecule has 6 nitrogen and oxygen atoms in total. The fourth-order valence-electron chi connectivity index (χ4n) is 2.10. The zero-order valence-electron chi connectivity index (χ0n) is 13.9. The van der Waals surface area contributed by atoms with Crippen molar-refractivity contribution in [3.8, 4) is 0 Å². The van der Waals surface area contributed by atoms with Crippen molar-refractivity contribution in [1.82, 2.24) is 10.6 Å². The first-order valence-electron chi connectivity index (χ1n) is 7.71. The average molecular weight is 483 g/mol. The van der Waals surface area contributed by atoms with E-state index in [1.165, 1.54) is 0 Å². The third-order valence-electron chi connectivity index (χ3n) is 3.40. The number of halogens is 2. The lowest BCUT2D eigenvalue weighted by Crippen LogP contribution is -2.40. The largest absolute Gasteiger partial charge is 0.345 e. The molecular formula is C18H17Br2N3O3. The van der Waals surface area contributed by atoms with Crippen molar-refractivity contribution in [2.24, 2.45) is 0 Å². The molecule has 0 fully saturated rings. The van der Waals surface area contributed by atoms with E-state index in [1.807, 2.05) is 19.1 Å². The second-order valence-corrected chi connectivity index (χ2v) is 7.31. The molecule has 2 aromatic carbocycles. The Balaban J connectivity index is 1.76. The standard InChI is InChI=1S/C18H17Br2N3O3/c1-11-7-14(20)5-6-15(11)23-17(25)10-21-16(24)9-22-18(26)12-3-2-4-13(19)8-12/h2-8H,9-10H2,1H3,(H,21,24)(H,22,26)(H,23,25). The number of carbonyl (C=O) groups is 3. The molecule has 0 saturated heterocycles. The zero-order chi connectivity index (χ0) is 19.1. The third-order valence-corrected chi connectivity index (χ3v) is 4.39. The summed E-state index contributed by atoms with van der Waals surface area (Å²) < 4.78 is 1.69. The lowest BCUT2D eigenvalue weighted by molar-refractivity contribution is -0.123. The van der Waals surface area contributed by atoms with Crippen LogP contribution in [0.4, 0.5) is 5.69 Å². The smallest absolute Gasteiger partial charge is 0.251 e. The fourth-order valence-corrected chi connectivity index (χ4v) is 2.97. The molecular weight excluding hydrogens is 466 g/mol. The van der Waals surface area contributed by atoms with E-state index in [9.17, 15) is 14.4 Å². The van der Waals surface area contributed by atoms with Crippen molar-refractivity contribution in [3.63, 3.8) is 0 Å². The van der Waals surface area contributed by atoms with Gasteiger partial charge in [-0.1, -0.05) is 37.9 Å². The number of nitrogens with one attached hydrogen (secondary N) is 3. The van der Waals surface area contributed by atoms with Crippen molar-refractivity contribution in [2.45, 2.75) is 6.92 Å². The molecule has 2 rings (SSSR count). The Morgan fingerprint density at radius 2 is 1.58 bits per heavy atom. The van der Waals surface area contributed by atoms with Crippen LogP contribution in [-0.2, 0) is 9.59 Å². The van der Waals surface area contributed by atoms with Gasteiger partial charge in [0.05, 0.1) is 13.1 Å². The minimum Gasteiger partial charge on any atom is -0.345 e. The molecule has 0 saturated carbocycles. The van der Waals surface area contributed by atoms with Crippen molar-refractivity contribution >= 4 is 55.3 Å². The van der Waals surface area contributed by atoms with Gasteiger partial charge in [-0.15, -0.1) is 0 Å². The molecule has 26 heavy (non-hydrogen) atoms. The van der Waals surface area contributed by atoms with Gasteiger partial charge in [-0.3, -0.25) is 14.4 Å². The van der Waals surface area contributed by atoms with Crippen LogP contribution in [0.1, 0.15) is 15.9 Å². The average Bonchev–Trinajstić information content (AvgIpc) is 2.60. The highest BCUT2D eigenvalue weighted by molar-refractivity contribution is 9.10. The summed E-state index contributed by atoms with van der Waals surface area (Å²) in [5.41, 5.74) is 2.02. The number of aryl methyl sites for hydroxylation is 1. The van der Waals surface area contributed by atoms with Gasteiger partial charge in [0.25, 0.3) is 5.91 Å². The lowest BCUT2D eigenvalue weighted by atomic mass is 10.2. The number of amides is 3. The van der Waals surface area contributed by atoms with Crippen LogP contribution in [0.3, 0.4) is 0 Å². The van der Waals surface area contributed by atoms with Crippen molar-refractivity contribution < 1.29 is 14.4 Å². The molecule has 0 aliphatic carbocycles. The first kappa shape index (κ1) is 20.1. The summed E-state index contributed by atoms with van der Waals surface area (Å²) in [6.07, 6.45) is 0. The molecule has 0 radical (unpaired) electrons. The monoisotopic (exact) mass is 481 g/mol. The van der Waals surface area contributed by atoms with Gasteiger partial charge in [0.15, 0.2) is 0 Å². The molecule has 0 aliphatic heterocycles. The highest BCUT2D eigenvalue weighted by Gasteiger charge is 2.10. The van der Waals surface area contributed by atoms with Crippen LogP contribution in [-0.4, -0.2) is 30.8 Å². The zero-order valence-corrected chi connectivity index (χ0v) is 17.1. The highest BCUT2D eigenvalue weighted by Crippen LogP contribution is 2.19. The van der Waals surface area contributed by atoms with Crippen LogP contribution in [0.25, 0.3) is 0 Å². The van der Waals surface area contributed by atoms with Crippen LogP contribution in [0.5, 0.6) is 0 Å². The van der Waals surface area contributed by atoms with E-state index >= 15 is 0 Å². The lowest BCUT2D eigenvalue weighted by Gasteiger charge is -2.10. The number of benzene rings is 2. The van der Waals surface area contributed by atoms with E-state index < -0.39 is 5.91 Å². The van der Waals surface area contributed by atoms with Crippen LogP contribution in [0, 0.1) is 6.92 Å². The fraction of sp³-hybridized carbons (Fsp3) is 0.167. The summed E-state index contributed by atoms with van der Waals surface area (Å²) in [6.45, 7) is 1.48. The number of anilines is 1. The van der Waals surface area contributed by atoms with E-state index in [-0.39, 0.29) is 24.9 Å². The van der Waals surface area contributed by atoms with E-state index in [2.05, 4.69) is 47.8 Å². The summed E-state index contributed by atoms with van der Waals surface area (Å²) in [5.74, 6) is -1.16. The molecule has 136 valence electrons. The first-order valence-corrected chi connectivity index (χ1v) is 9.30. The quantitative estimate of drug-likeness (QED) is 0.591. The molecule has 0 unspecified atom stereocenters. The molecule has 0 aliphatic rings. The number of hydrogen-bond donors (Lipinski definition) is 3. The predicted molar refractivity (Wildman–Crippen MR) is 107 cm³/mol. The molecule has 0 aromatic heterocycles. The maximum Gasteiger partial charge on any atom is 0.251 e. The summed E-state index contributed by atoms with van der Waals surface area (Å²) in [6, 6.07) is 12.3. The van der Waals surface area contributed by atoms with Gasteiger partial charge >= 0.3 is 0 Å². The van der Waals surface area contributed by atoms with Gasteiger partial charge in [-0.05, 0) is 48.9 Å². The molecule has 2 aromatic rings. The number of hydrogen-bond acceptors (Lipinski definition) is 3. The third kappa shape index (κ3) is 6.27. The Bertz CT molecular complexity index is 840. The second kappa shape index (κ2) is 9.49. The molecule has 0 spiro atoms. The second-order valence-electron chi connectivity index (χ2n) is 5.48. The SMILES string of the molecule is Cc1cc(Br)ccc1NC(=O)CNC(=O)CNC(=O)c1cccc(Br)c1. The van der Waals surface area contributed by atoms with E-state index in [0.29, 0.717) is 11.3 Å². The van der Waals surface area contributed by atoms with Crippen molar-refractivity contribution in [3.05, 3.63) is 62.5 Å². The van der Waals surface area contributed by atoms with Gasteiger partial charge < -0.3 is 16.0 Å². The Hall–Kier alpha value is -2.19. The Morgan fingerprint density at radius 1 is 0.885 bits per heavy atom. The van der Waals surface area contributed by atoms with Crippen molar-refractivity contribution in [2.75, 3.05) is 18.4 Å². The maximum absolute atomic E-state index is 12.0. The first-order chi connectivity index (χ1) is 12.3. The Morgan fingerprint density at radius 3 is 2.27 bits per heavy atom. The molecule has 3 amide bonds. The van der Waals surface area contributed by atoms with E-state index in [4.69, 9.17) is 0 Å². The van der Waals surface area contributed by atoms with Gasteiger partial charge in [-0.2, -0.15) is 0 Å². The summed E-state index contributed by atoms with van der Waals surface area (Å²) in [5, 5.41) is 7.70. The Kier molecular flexibility index (Phi) is 7.35. The molecule has 0 atom stereocenters. The topological polar surface area (TPSA) is 87.3 Å². The molecule has 0 heterocycles. The molecule has 8 heteroatoms. The predicted octanol–water partition coefficient (Wildman–Crippen LogP) is 3.00. The molecule has 3 N–H and O–H groups in total. The number of rotatable bonds is 6. The summed E-state index contributed by atoms with van der Waals surface area (Å²) in [7, 11) is 0. The van der Waals surface area contributed by atoms with E-state index in [1.54, 1.807) is 30.3 Å². The summed E-state index contributed by atoms with van der Waals surface area (Å²) >= 11 is 6.64. The van der Waals surface area contributed by atoms with Crippen molar-refractivity contribution in [1.29, 1.82) is 0 Å². The van der Waals surface area contributed by atoms with Crippen LogP contribution >= 0.6 is 31.9 Å². The minimum atomic E-state index is -0.448. The molecule has 0 bridgehead atoms. The van der Waals surface area contributed by atoms with Gasteiger partial charge in [-0.25, -0.2) is 0 Å². The van der Waals surface area contributed by atoms with Crippen LogP contribution in [0.15, 0.2) is 51.4 Å². The Labute approximate surface area is 168 Å². The van der Waals surface area contributed by atoms with Gasteiger partial charge in [0.1, 0.15) is 0 Å². The van der Waals surface area contributed by atoms with Crippen LogP contribution in [0.2, 0.25) is 0 Å². The van der Waals surface area contributed by atoms with Gasteiger partial charge in [0, 0.05) is 20.2 Å². The maximum atomic E-state index is 12.0.